The fourth-order valence-corrected chi connectivity index (χ4v) is 4.87. The van der Waals surface area contributed by atoms with Gasteiger partial charge in [0.1, 0.15) is 5.82 Å². The maximum atomic E-state index is 14.7. The highest BCUT2D eigenvalue weighted by atomic mass is 19.3. The lowest BCUT2D eigenvalue weighted by Gasteiger charge is -2.35. The standard InChI is InChI=1S/C27H27F3N4O/c1-16(20-4-2-5-21(25(20)28)26(29)30)32-24-15-31-33-23-11-10-19(14-22(23)24)17-6-8-18(9-7-17)27(35)34-12-3-13-34/h2,4-6,10-11,14-16,18,26H,3,7-9,12-13H2,1H3,(H,32,33)/t16-,18?/m1/s1. The summed E-state index contributed by atoms with van der Waals surface area (Å²) in [5.74, 6) is -0.574. The SMILES string of the molecule is C[C@@H](Nc1cnnc2ccc(C3=CCC(C(=O)N4CCC4)CC3)cc12)c1cccc(C(F)F)c1F. The van der Waals surface area contributed by atoms with E-state index in [9.17, 15) is 18.0 Å². The van der Waals surface area contributed by atoms with E-state index in [0.29, 0.717) is 11.2 Å². The molecule has 2 heterocycles. The minimum absolute atomic E-state index is 0.0577. The molecule has 1 aliphatic carbocycles. The summed E-state index contributed by atoms with van der Waals surface area (Å²) in [6.45, 7) is 3.48. The average Bonchev–Trinajstić information content (AvgIpc) is 2.83. The average molecular weight is 481 g/mol. The molecule has 0 bridgehead atoms. The van der Waals surface area contributed by atoms with Crippen LogP contribution < -0.4 is 5.32 Å². The maximum Gasteiger partial charge on any atom is 0.266 e. The number of hydrogen-bond acceptors (Lipinski definition) is 4. The molecule has 182 valence electrons. The van der Waals surface area contributed by atoms with Gasteiger partial charge in [0, 0.05) is 30.0 Å². The van der Waals surface area contributed by atoms with Gasteiger partial charge in [0.2, 0.25) is 5.91 Å². The number of nitrogens with zero attached hydrogens (tertiary/aromatic N) is 3. The molecule has 1 fully saturated rings. The summed E-state index contributed by atoms with van der Waals surface area (Å²) in [5, 5.41) is 12.3. The van der Waals surface area contributed by atoms with E-state index < -0.39 is 23.8 Å². The first kappa shape index (κ1) is 23.3. The van der Waals surface area contributed by atoms with E-state index in [1.807, 2.05) is 23.1 Å². The zero-order valence-corrected chi connectivity index (χ0v) is 19.5. The first-order valence-corrected chi connectivity index (χ1v) is 12.0. The number of hydrogen-bond donors (Lipinski definition) is 1. The molecule has 5 rings (SSSR count). The lowest BCUT2D eigenvalue weighted by molar-refractivity contribution is -0.139. The highest BCUT2D eigenvalue weighted by molar-refractivity contribution is 5.93. The predicted molar refractivity (Wildman–Crippen MR) is 129 cm³/mol. The third kappa shape index (κ3) is 4.61. The van der Waals surface area contributed by atoms with Crippen molar-refractivity contribution in [3.8, 4) is 0 Å². The highest BCUT2D eigenvalue weighted by Crippen LogP contribution is 2.35. The van der Waals surface area contributed by atoms with Crippen molar-refractivity contribution in [3.63, 3.8) is 0 Å². The topological polar surface area (TPSA) is 58.1 Å². The van der Waals surface area contributed by atoms with Crippen LogP contribution in [-0.2, 0) is 4.79 Å². The van der Waals surface area contributed by atoms with Gasteiger partial charge in [-0.25, -0.2) is 13.2 Å². The summed E-state index contributed by atoms with van der Waals surface area (Å²) in [5.41, 5.74) is 3.11. The molecule has 2 aliphatic rings. The van der Waals surface area contributed by atoms with Gasteiger partial charge in [-0.1, -0.05) is 30.3 Å². The van der Waals surface area contributed by atoms with Crippen LogP contribution in [0, 0.1) is 11.7 Å². The number of likely N-dealkylation sites (tertiary alicyclic amines) is 1. The Balaban J connectivity index is 1.39. The Hall–Kier alpha value is -3.42. The number of anilines is 1. The highest BCUT2D eigenvalue weighted by Gasteiger charge is 2.29. The Bertz CT molecular complexity index is 1290. The molecule has 35 heavy (non-hydrogen) atoms. The first-order chi connectivity index (χ1) is 16.9. The van der Waals surface area contributed by atoms with Crippen LogP contribution >= 0.6 is 0 Å². The van der Waals surface area contributed by atoms with E-state index in [2.05, 4.69) is 21.6 Å². The van der Waals surface area contributed by atoms with Crippen molar-refractivity contribution < 1.29 is 18.0 Å². The fraction of sp³-hybridized carbons (Fsp3) is 0.370. The van der Waals surface area contributed by atoms with E-state index in [4.69, 9.17) is 0 Å². The number of rotatable bonds is 6. The summed E-state index contributed by atoms with van der Waals surface area (Å²) in [7, 11) is 0. The molecule has 0 saturated carbocycles. The van der Waals surface area contributed by atoms with E-state index >= 15 is 0 Å². The van der Waals surface area contributed by atoms with E-state index in [1.54, 1.807) is 13.1 Å². The van der Waals surface area contributed by atoms with Gasteiger partial charge < -0.3 is 10.2 Å². The van der Waals surface area contributed by atoms with Crippen LogP contribution in [0.5, 0.6) is 0 Å². The third-order valence-electron chi connectivity index (χ3n) is 7.07. The lowest BCUT2D eigenvalue weighted by Crippen LogP contribution is -2.45. The second-order valence-electron chi connectivity index (χ2n) is 9.29. The van der Waals surface area contributed by atoms with Gasteiger partial charge in [0.25, 0.3) is 6.43 Å². The summed E-state index contributed by atoms with van der Waals surface area (Å²) >= 11 is 0. The van der Waals surface area contributed by atoms with Gasteiger partial charge in [-0.3, -0.25) is 4.79 Å². The summed E-state index contributed by atoms with van der Waals surface area (Å²) in [6, 6.07) is 9.40. The Kier molecular flexibility index (Phi) is 6.45. The van der Waals surface area contributed by atoms with Crippen LogP contribution in [0.4, 0.5) is 18.9 Å². The molecule has 0 radical (unpaired) electrons. The molecule has 3 aromatic rings. The number of alkyl halides is 2. The van der Waals surface area contributed by atoms with Gasteiger partial charge in [-0.15, -0.1) is 0 Å². The maximum absolute atomic E-state index is 14.7. The number of carbonyl (C=O) groups excluding carboxylic acids is 1. The predicted octanol–water partition coefficient (Wildman–Crippen LogP) is 6.30. The zero-order valence-electron chi connectivity index (χ0n) is 19.5. The van der Waals surface area contributed by atoms with Crippen molar-refractivity contribution in [2.45, 2.75) is 45.1 Å². The number of amides is 1. The molecule has 1 unspecified atom stereocenters. The molecule has 5 nitrogen and oxygen atoms in total. The summed E-state index contributed by atoms with van der Waals surface area (Å²) in [6.07, 6.45) is 4.32. The fourth-order valence-electron chi connectivity index (χ4n) is 4.87. The minimum Gasteiger partial charge on any atom is -0.377 e. The normalized spacial score (nSPS) is 18.8. The van der Waals surface area contributed by atoms with Gasteiger partial charge >= 0.3 is 0 Å². The summed E-state index contributed by atoms with van der Waals surface area (Å²) < 4.78 is 41.0. The quantitative estimate of drug-likeness (QED) is 0.450. The van der Waals surface area contributed by atoms with Crippen LogP contribution in [0.2, 0.25) is 0 Å². The molecule has 1 aromatic heterocycles. The molecular weight excluding hydrogens is 453 g/mol. The number of aromatic nitrogens is 2. The molecule has 8 heteroatoms. The smallest absolute Gasteiger partial charge is 0.266 e. The number of fused-ring (bicyclic) bond motifs is 1. The number of allylic oxidation sites excluding steroid dienone is 2. The molecule has 1 amide bonds. The lowest BCUT2D eigenvalue weighted by atomic mass is 9.85. The van der Waals surface area contributed by atoms with Gasteiger partial charge in [0.05, 0.1) is 29.0 Å². The Labute approximate surface area is 202 Å². The number of nitrogens with one attached hydrogen (secondary N) is 1. The van der Waals surface area contributed by atoms with Crippen LogP contribution in [0.1, 0.15) is 61.8 Å². The van der Waals surface area contributed by atoms with Gasteiger partial charge in [-0.05, 0) is 55.9 Å². The monoisotopic (exact) mass is 480 g/mol. The second-order valence-corrected chi connectivity index (χ2v) is 9.29. The van der Waals surface area contributed by atoms with Crippen LogP contribution in [0.15, 0.2) is 48.7 Å². The number of benzene rings is 2. The third-order valence-corrected chi connectivity index (χ3v) is 7.07. The molecule has 1 N–H and O–H groups in total. The first-order valence-electron chi connectivity index (χ1n) is 12.0. The van der Waals surface area contributed by atoms with Gasteiger partial charge in [-0.2, -0.15) is 10.2 Å². The number of halogens is 3. The molecule has 2 aromatic carbocycles. The summed E-state index contributed by atoms with van der Waals surface area (Å²) in [4.78, 5) is 14.5. The van der Waals surface area contributed by atoms with Crippen LogP contribution in [0.25, 0.3) is 16.5 Å². The molecule has 2 atom stereocenters. The van der Waals surface area contributed by atoms with Crippen molar-refractivity contribution in [2.75, 3.05) is 18.4 Å². The van der Waals surface area contributed by atoms with E-state index in [1.165, 1.54) is 17.7 Å². The van der Waals surface area contributed by atoms with Crippen molar-refractivity contribution >= 4 is 28.1 Å². The van der Waals surface area contributed by atoms with Crippen molar-refractivity contribution in [1.29, 1.82) is 0 Å². The zero-order chi connectivity index (χ0) is 24.5. The largest absolute Gasteiger partial charge is 0.377 e. The van der Waals surface area contributed by atoms with Crippen molar-refractivity contribution in [1.82, 2.24) is 15.1 Å². The van der Waals surface area contributed by atoms with E-state index in [-0.39, 0.29) is 17.4 Å². The van der Waals surface area contributed by atoms with Crippen molar-refractivity contribution in [3.05, 3.63) is 71.2 Å². The van der Waals surface area contributed by atoms with Gasteiger partial charge in [0.15, 0.2) is 0 Å². The van der Waals surface area contributed by atoms with Crippen LogP contribution in [0.3, 0.4) is 0 Å². The number of carbonyl (C=O) groups is 1. The Morgan fingerprint density at radius 3 is 2.66 bits per heavy atom. The van der Waals surface area contributed by atoms with Crippen molar-refractivity contribution in [2.24, 2.45) is 5.92 Å². The molecule has 0 spiro atoms. The molecular formula is C27H27F3N4O. The molecule has 1 saturated heterocycles. The second kappa shape index (κ2) is 9.68. The Morgan fingerprint density at radius 2 is 1.97 bits per heavy atom. The van der Waals surface area contributed by atoms with E-state index in [0.717, 1.165) is 55.8 Å². The van der Waals surface area contributed by atoms with Crippen LogP contribution in [-0.4, -0.2) is 34.1 Å². The minimum atomic E-state index is -2.88. The molecule has 1 aliphatic heterocycles. The Morgan fingerprint density at radius 1 is 1.17 bits per heavy atom.